The molecular formula is C15H21ClN2OS. The number of carbonyl (C=O) groups excluding carboxylic acids is 1. The second kappa shape index (κ2) is 6.35. The quantitative estimate of drug-likeness (QED) is 0.778. The van der Waals surface area contributed by atoms with Crippen LogP contribution in [0.15, 0.2) is 12.1 Å². The number of pyridine rings is 1. The Bertz CT molecular complexity index is 497. The lowest BCUT2D eigenvalue weighted by molar-refractivity contribution is 0.0753. The first-order chi connectivity index (χ1) is 9.36. The highest BCUT2D eigenvalue weighted by atomic mass is 35.5. The monoisotopic (exact) mass is 312 g/mol. The first kappa shape index (κ1) is 15.6. The summed E-state index contributed by atoms with van der Waals surface area (Å²) in [7, 11) is 0. The molecule has 0 N–H and O–H groups in total. The number of carbonyl (C=O) groups is 1. The number of aromatic nitrogens is 1. The number of hydrogen-bond donors (Lipinski definition) is 0. The van der Waals surface area contributed by atoms with Crippen molar-refractivity contribution in [3.8, 4) is 0 Å². The lowest BCUT2D eigenvalue weighted by Crippen LogP contribution is -2.44. The molecule has 1 aliphatic heterocycles. The second-order valence-corrected chi connectivity index (χ2v) is 7.99. The van der Waals surface area contributed by atoms with Crippen LogP contribution in [0.2, 0.25) is 5.15 Å². The van der Waals surface area contributed by atoms with Crippen molar-refractivity contribution in [2.45, 2.75) is 44.1 Å². The Hall–Kier alpha value is -0.740. The zero-order valence-corrected chi connectivity index (χ0v) is 14.0. The average molecular weight is 313 g/mol. The van der Waals surface area contributed by atoms with E-state index in [1.54, 1.807) is 6.07 Å². The fourth-order valence-electron chi connectivity index (χ4n) is 2.46. The summed E-state index contributed by atoms with van der Waals surface area (Å²) < 4.78 is 0. The van der Waals surface area contributed by atoms with E-state index in [1.165, 1.54) is 0 Å². The number of amides is 1. The number of thioether (sulfide) groups is 1. The van der Waals surface area contributed by atoms with Gasteiger partial charge in [0.2, 0.25) is 0 Å². The zero-order valence-electron chi connectivity index (χ0n) is 12.4. The van der Waals surface area contributed by atoms with Gasteiger partial charge in [0.1, 0.15) is 5.15 Å². The molecule has 1 saturated heterocycles. The van der Waals surface area contributed by atoms with Gasteiger partial charge in [0, 0.05) is 34.8 Å². The van der Waals surface area contributed by atoms with Gasteiger partial charge in [-0.2, -0.15) is 11.8 Å². The molecule has 2 rings (SSSR count). The molecule has 0 saturated carbocycles. The number of rotatable bonds is 2. The second-order valence-electron chi connectivity index (χ2n) is 5.73. The van der Waals surface area contributed by atoms with E-state index in [9.17, 15) is 4.79 Å². The van der Waals surface area contributed by atoms with Crippen molar-refractivity contribution in [3.63, 3.8) is 0 Å². The van der Waals surface area contributed by atoms with Crippen LogP contribution in [0, 0.1) is 0 Å². The van der Waals surface area contributed by atoms with Crippen LogP contribution < -0.4 is 0 Å². The molecule has 2 heterocycles. The largest absolute Gasteiger partial charge is 0.336 e. The van der Waals surface area contributed by atoms with Crippen LogP contribution in [0.5, 0.6) is 0 Å². The predicted octanol–water partition coefficient (Wildman–Crippen LogP) is 3.82. The maximum Gasteiger partial charge on any atom is 0.254 e. The van der Waals surface area contributed by atoms with E-state index < -0.39 is 0 Å². The maximum absolute atomic E-state index is 12.6. The normalized spacial score (nSPS) is 23.2. The molecule has 20 heavy (non-hydrogen) atoms. The fraction of sp³-hybridized carbons (Fsp3) is 0.600. The summed E-state index contributed by atoms with van der Waals surface area (Å²) in [5, 5.41) is 1.35. The SMILES string of the molecule is CC1CN(C(=O)c2cc(Cl)nc(C(C)C)c2)CC(C)S1. The molecule has 0 spiro atoms. The van der Waals surface area contributed by atoms with Gasteiger partial charge in [0.15, 0.2) is 0 Å². The van der Waals surface area contributed by atoms with E-state index >= 15 is 0 Å². The Morgan fingerprint density at radius 2 is 1.95 bits per heavy atom. The van der Waals surface area contributed by atoms with Crippen molar-refractivity contribution in [1.29, 1.82) is 0 Å². The molecule has 1 aromatic rings. The number of halogens is 1. The lowest BCUT2D eigenvalue weighted by atomic mass is 10.1. The van der Waals surface area contributed by atoms with Gasteiger partial charge in [0.05, 0.1) is 0 Å². The molecule has 0 aliphatic carbocycles. The van der Waals surface area contributed by atoms with Crippen molar-refractivity contribution in [2.24, 2.45) is 0 Å². The summed E-state index contributed by atoms with van der Waals surface area (Å²) in [6.07, 6.45) is 0. The molecule has 1 amide bonds. The van der Waals surface area contributed by atoms with Gasteiger partial charge in [-0.15, -0.1) is 0 Å². The van der Waals surface area contributed by atoms with Crippen LogP contribution in [-0.4, -0.2) is 39.4 Å². The minimum absolute atomic E-state index is 0.0650. The number of nitrogens with zero attached hydrogens (tertiary/aromatic N) is 2. The van der Waals surface area contributed by atoms with Crippen molar-refractivity contribution >= 4 is 29.3 Å². The van der Waals surface area contributed by atoms with Gasteiger partial charge in [-0.05, 0) is 18.1 Å². The van der Waals surface area contributed by atoms with Gasteiger partial charge in [-0.25, -0.2) is 4.98 Å². The van der Waals surface area contributed by atoms with E-state index in [1.807, 2.05) is 22.7 Å². The Morgan fingerprint density at radius 3 is 2.50 bits per heavy atom. The number of hydrogen-bond acceptors (Lipinski definition) is 3. The smallest absolute Gasteiger partial charge is 0.254 e. The molecule has 2 unspecified atom stereocenters. The highest BCUT2D eigenvalue weighted by Gasteiger charge is 2.27. The Labute approximate surface area is 130 Å². The third-order valence-electron chi connectivity index (χ3n) is 3.36. The first-order valence-corrected chi connectivity index (χ1v) is 8.31. The van der Waals surface area contributed by atoms with E-state index in [-0.39, 0.29) is 11.8 Å². The molecular weight excluding hydrogens is 292 g/mol. The third kappa shape index (κ3) is 3.67. The van der Waals surface area contributed by atoms with Gasteiger partial charge < -0.3 is 4.90 Å². The highest BCUT2D eigenvalue weighted by Crippen LogP contribution is 2.26. The predicted molar refractivity (Wildman–Crippen MR) is 85.8 cm³/mol. The van der Waals surface area contributed by atoms with E-state index in [0.29, 0.717) is 21.2 Å². The molecule has 110 valence electrons. The molecule has 3 nitrogen and oxygen atoms in total. The van der Waals surface area contributed by atoms with Crippen LogP contribution >= 0.6 is 23.4 Å². The average Bonchev–Trinajstić information content (AvgIpc) is 2.35. The van der Waals surface area contributed by atoms with Crippen LogP contribution in [0.25, 0.3) is 0 Å². The maximum atomic E-state index is 12.6. The van der Waals surface area contributed by atoms with Crippen molar-refractivity contribution in [1.82, 2.24) is 9.88 Å². The lowest BCUT2D eigenvalue weighted by Gasteiger charge is -2.34. The van der Waals surface area contributed by atoms with Crippen LogP contribution in [0.1, 0.15) is 49.7 Å². The topological polar surface area (TPSA) is 33.2 Å². The summed E-state index contributed by atoms with van der Waals surface area (Å²) in [6.45, 7) is 10.0. The summed E-state index contributed by atoms with van der Waals surface area (Å²) >= 11 is 7.98. The van der Waals surface area contributed by atoms with E-state index in [0.717, 1.165) is 18.8 Å². The Balaban J connectivity index is 2.24. The van der Waals surface area contributed by atoms with Gasteiger partial charge in [0.25, 0.3) is 5.91 Å². The molecule has 0 radical (unpaired) electrons. The standard InChI is InChI=1S/C15H21ClN2OS/c1-9(2)13-5-12(6-14(16)17-13)15(19)18-7-10(3)20-11(4)8-18/h5-6,9-11H,7-8H2,1-4H3. The summed E-state index contributed by atoms with van der Waals surface area (Å²) in [6, 6.07) is 3.54. The Morgan fingerprint density at radius 1 is 1.35 bits per heavy atom. The Kier molecular flexibility index (Phi) is 4.97. The molecule has 1 aliphatic rings. The molecule has 1 aromatic heterocycles. The summed E-state index contributed by atoms with van der Waals surface area (Å²) in [4.78, 5) is 18.9. The minimum Gasteiger partial charge on any atom is -0.336 e. The molecule has 5 heteroatoms. The molecule has 2 atom stereocenters. The van der Waals surface area contributed by atoms with E-state index in [2.05, 4.69) is 32.7 Å². The molecule has 0 bridgehead atoms. The third-order valence-corrected chi connectivity index (χ3v) is 4.78. The van der Waals surface area contributed by atoms with Crippen LogP contribution in [-0.2, 0) is 0 Å². The van der Waals surface area contributed by atoms with Gasteiger partial charge in [-0.3, -0.25) is 4.79 Å². The zero-order chi connectivity index (χ0) is 14.9. The summed E-state index contributed by atoms with van der Waals surface area (Å²) in [5.74, 6) is 0.324. The molecule has 1 fully saturated rings. The van der Waals surface area contributed by atoms with Crippen molar-refractivity contribution in [3.05, 3.63) is 28.5 Å². The van der Waals surface area contributed by atoms with Crippen molar-refractivity contribution in [2.75, 3.05) is 13.1 Å². The fourth-order valence-corrected chi connectivity index (χ4v) is 4.00. The first-order valence-electron chi connectivity index (χ1n) is 6.99. The van der Waals surface area contributed by atoms with Crippen molar-refractivity contribution < 1.29 is 4.79 Å². The van der Waals surface area contributed by atoms with E-state index in [4.69, 9.17) is 11.6 Å². The molecule has 0 aromatic carbocycles. The summed E-state index contributed by atoms with van der Waals surface area (Å²) in [5.41, 5.74) is 1.52. The minimum atomic E-state index is 0.0650. The van der Waals surface area contributed by atoms with Gasteiger partial charge in [-0.1, -0.05) is 39.3 Å². The van der Waals surface area contributed by atoms with Gasteiger partial charge >= 0.3 is 0 Å². The van der Waals surface area contributed by atoms with Crippen LogP contribution in [0.3, 0.4) is 0 Å². The highest BCUT2D eigenvalue weighted by molar-refractivity contribution is 8.00. The van der Waals surface area contributed by atoms with Crippen LogP contribution in [0.4, 0.5) is 0 Å².